The lowest BCUT2D eigenvalue weighted by molar-refractivity contribution is -0.117. The van der Waals surface area contributed by atoms with E-state index in [9.17, 15) is 14.0 Å². The highest BCUT2D eigenvalue weighted by atomic mass is 19.1. The van der Waals surface area contributed by atoms with Crippen molar-refractivity contribution < 1.29 is 14.0 Å². The van der Waals surface area contributed by atoms with Gasteiger partial charge in [-0.25, -0.2) is 4.39 Å². The summed E-state index contributed by atoms with van der Waals surface area (Å²) in [5.74, 6) is -0.747. The summed E-state index contributed by atoms with van der Waals surface area (Å²) in [6.07, 6.45) is 1.06. The lowest BCUT2D eigenvalue weighted by Crippen LogP contribution is -2.32. The average Bonchev–Trinajstić information content (AvgIpc) is 2.63. The maximum Gasteiger partial charge on any atom is 0.254 e. The van der Waals surface area contributed by atoms with E-state index in [4.69, 9.17) is 5.73 Å². The molecule has 5 nitrogen and oxygen atoms in total. The molecule has 0 heterocycles. The number of hydrogen-bond acceptors (Lipinski definition) is 3. The predicted octanol–water partition coefficient (Wildman–Crippen LogP) is 4.19. The normalized spacial score (nSPS) is 11.2. The van der Waals surface area contributed by atoms with Crippen molar-refractivity contribution in [1.82, 2.24) is 4.90 Å². The number of benzene rings is 2. The smallest absolute Gasteiger partial charge is 0.254 e. The van der Waals surface area contributed by atoms with Gasteiger partial charge in [0.1, 0.15) is 5.82 Å². The van der Waals surface area contributed by atoms with Gasteiger partial charge in [-0.1, -0.05) is 39.0 Å². The van der Waals surface area contributed by atoms with Crippen LogP contribution in [0.3, 0.4) is 0 Å². The van der Waals surface area contributed by atoms with Crippen LogP contribution in [-0.4, -0.2) is 29.8 Å². The Kier molecular flexibility index (Phi) is 7.91. The second-order valence-corrected chi connectivity index (χ2v) is 8.37. The first-order chi connectivity index (χ1) is 13.7. The molecule has 2 aromatic rings. The molecule has 0 unspecified atom stereocenters. The summed E-state index contributed by atoms with van der Waals surface area (Å²) in [6, 6.07) is 13.1. The second-order valence-electron chi connectivity index (χ2n) is 8.37. The van der Waals surface area contributed by atoms with E-state index in [-0.39, 0.29) is 17.2 Å². The van der Waals surface area contributed by atoms with Crippen molar-refractivity contribution in [3.63, 3.8) is 0 Å². The summed E-state index contributed by atoms with van der Waals surface area (Å²) in [5, 5.41) is 2.91. The largest absolute Gasteiger partial charge is 0.334 e. The summed E-state index contributed by atoms with van der Waals surface area (Å²) in [5.41, 5.74) is 7.38. The maximum absolute atomic E-state index is 13.5. The molecule has 2 rings (SSSR count). The molecule has 0 bridgehead atoms. The third kappa shape index (κ3) is 7.66. The SMILES string of the molecule is CC(C)(C)CC(=O)Nc1cccc(CN(CCCN)C(=O)c2cccc(F)c2)c1. The zero-order valence-corrected chi connectivity index (χ0v) is 17.4. The van der Waals surface area contributed by atoms with Crippen molar-refractivity contribution in [2.24, 2.45) is 11.1 Å². The molecule has 0 saturated carbocycles. The van der Waals surface area contributed by atoms with Gasteiger partial charge < -0.3 is 16.0 Å². The second kappa shape index (κ2) is 10.2. The van der Waals surface area contributed by atoms with E-state index in [1.165, 1.54) is 18.2 Å². The van der Waals surface area contributed by atoms with Crippen molar-refractivity contribution in [3.05, 3.63) is 65.5 Å². The summed E-state index contributed by atoms with van der Waals surface area (Å²) < 4.78 is 13.5. The van der Waals surface area contributed by atoms with Gasteiger partial charge in [0.05, 0.1) is 0 Å². The number of carbonyl (C=O) groups is 2. The molecule has 0 radical (unpaired) electrons. The van der Waals surface area contributed by atoms with E-state index in [1.54, 1.807) is 11.0 Å². The number of amides is 2. The van der Waals surface area contributed by atoms with Crippen LogP contribution in [0.2, 0.25) is 0 Å². The molecular weight excluding hydrogens is 369 g/mol. The van der Waals surface area contributed by atoms with Crippen LogP contribution in [0.4, 0.5) is 10.1 Å². The fourth-order valence-electron chi connectivity index (χ4n) is 2.99. The molecule has 0 aliphatic rings. The highest BCUT2D eigenvalue weighted by Gasteiger charge is 2.18. The Labute approximate surface area is 172 Å². The number of carbonyl (C=O) groups excluding carboxylic acids is 2. The van der Waals surface area contributed by atoms with Gasteiger partial charge in [-0.15, -0.1) is 0 Å². The molecule has 0 atom stereocenters. The Hall–Kier alpha value is -2.73. The van der Waals surface area contributed by atoms with E-state index in [1.807, 2.05) is 45.0 Å². The first kappa shape index (κ1) is 22.6. The van der Waals surface area contributed by atoms with Gasteiger partial charge in [0, 0.05) is 30.8 Å². The molecule has 2 amide bonds. The van der Waals surface area contributed by atoms with Crippen LogP contribution in [-0.2, 0) is 11.3 Å². The average molecular weight is 400 g/mol. The minimum absolute atomic E-state index is 0.0505. The summed E-state index contributed by atoms with van der Waals surface area (Å²) >= 11 is 0. The Balaban J connectivity index is 2.14. The fraction of sp³-hybridized carbons (Fsp3) is 0.391. The summed E-state index contributed by atoms with van der Waals surface area (Å²) in [4.78, 5) is 26.7. The van der Waals surface area contributed by atoms with Gasteiger partial charge in [0.2, 0.25) is 5.91 Å². The van der Waals surface area contributed by atoms with Crippen molar-refractivity contribution in [1.29, 1.82) is 0 Å². The Morgan fingerprint density at radius 3 is 2.48 bits per heavy atom. The molecule has 29 heavy (non-hydrogen) atoms. The number of rotatable bonds is 8. The molecule has 0 aromatic heterocycles. The summed E-state index contributed by atoms with van der Waals surface area (Å²) in [7, 11) is 0. The third-order valence-electron chi connectivity index (χ3n) is 4.27. The molecule has 3 N–H and O–H groups in total. The van der Waals surface area contributed by atoms with Gasteiger partial charge in [-0.2, -0.15) is 0 Å². The van der Waals surface area contributed by atoms with Crippen LogP contribution in [0, 0.1) is 11.2 Å². The fourth-order valence-corrected chi connectivity index (χ4v) is 2.99. The monoisotopic (exact) mass is 399 g/mol. The van der Waals surface area contributed by atoms with Crippen molar-refractivity contribution in [2.75, 3.05) is 18.4 Å². The molecule has 0 aliphatic heterocycles. The van der Waals surface area contributed by atoms with Gasteiger partial charge >= 0.3 is 0 Å². The number of nitrogens with one attached hydrogen (secondary N) is 1. The van der Waals surface area contributed by atoms with E-state index in [2.05, 4.69) is 5.32 Å². The van der Waals surface area contributed by atoms with Crippen LogP contribution in [0.25, 0.3) is 0 Å². The molecule has 2 aromatic carbocycles. The number of anilines is 1. The van der Waals surface area contributed by atoms with E-state index >= 15 is 0 Å². The highest BCUT2D eigenvalue weighted by molar-refractivity contribution is 5.94. The van der Waals surface area contributed by atoms with E-state index in [0.717, 1.165) is 5.56 Å². The van der Waals surface area contributed by atoms with E-state index < -0.39 is 5.82 Å². The Morgan fingerprint density at radius 1 is 1.10 bits per heavy atom. The number of halogens is 1. The van der Waals surface area contributed by atoms with Crippen molar-refractivity contribution in [3.8, 4) is 0 Å². The maximum atomic E-state index is 13.5. The van der Waals surface area contributed by atoms with Crippen LogP contribution < -0.4 is 11.1 Å². The number of nitrogens with zero attached hydrogens (tertiary/aromatic N) is 1. The van der Waals surface area contributed by atoms with Gasteiger partial charge in [-0.3, -0.25) is 9.59 Å². The minimum Gasteiger partial charge on any atom is -0.334 e. The Morgan fingerprint density at radius 2 is 1.83 bits per heavy atom. The number of nitrogens with two attached hydrogens (primary N) is 1. The molecule has 0 aliphatic carbocycles. The lowest BCUT2D eigenvalue weighted by atomic mass is 9.92. The molecule has 0 saturated heterocycles. The minimum atomic E-state index is -0.446. The van der Waals surface area contributed by atoms with Crippen LogP contribution in [0.15, 0.2) is 48.5 Å². The standard InChI is InChI=1S/C23H30FN3O2/c1-23(2,3)15-21(28)26-20-10-4-7-17(13-20)16-27(12-6-11-25)22(29)18-8-5-9-19(24)14-18/h4-5,7-10,13-14H,6,11-12,15-16,25H2,1-3H3,(H,26,28). The lowest BCUT2D eigenvalue weighted by Gasteiger charge is -2.23. The zero-order chi connectivity index (χ0) is 21.4. The van der Waals surface area contributed by atoms with Gasteiger partial charge in [-0.05, 0) is 54.3 Å². The molecule has 0 fully saturated rings. The first-order valence-electron chi connectivity index (χ1n) is 9.81. The quantitative estimate of drug-likeness (QED) is 0.699. The molecule has 156 valence electrons. The van der Waals surface area contributed by atoms with Crippen molar-refractivity contribution >= 4 is 17.5 Å². The van der Waals surface area contributed by atoms with Gasteiger partial charge in [0.25, 0.3) is 5.91 Å². The zero-order valence-electron chi connectivity index (χ0n) is 17.4. The first-order valence-corrected chi connectivity index (χ1v) is 9.81. The summed E-state index contributed by atoms with van der Waals surface area (Å²) in [6.45, 7) is 7.30. The molecule has 6 heteroatoms. The highest BCUT2D eigenvalue weighted by Crippen LogP contribution is 2.20. The Bertz CT molecular complexity index is 846. The van der Waals surface area contributed by atoms with Crippen LogP contribution >= 0.6 is 0 Å². The third-order valence-corrected chi connectivity index (χ3v) is 4.27. The van der Waals surface area contributed by atoms with Crippen LogP contribution in [0.1, 0.15) is 49.5 Å². The van der Waals surface area contributed by atoms with Crippen LogP contribution in [0.5, 0.6) is 0 Å². The van der Waals surface area contributed by atoms with E-state index in [0.29, 0.717) is 43.7 Å². The topological polar surface area (TPSA) is 75.4 Å². The number of hydrogen-bond donors (Lipinski definition) is 2. The van der Waals surface area contributed by atoms with Crippen molar-refractivity contribution in [2.45, 2.75) is 40.2 Å². The molecule has 0 spiro atoms. The molecular formula is C23H30FN3O2. The predicted molar refractivity (Wildman–Crippen MR) is 114 cm³/mol. The van der Waals surface area contributed by atoms with Gasteiger partial charge in [0.15, 0.2) is 0 Å².